The van der Waals surface area contributed by atoms with E-state index in [1.165, 1.54) is 6.42 Å². The summed E-state index contributed by atoms with van der Waals surface area (Å²) in [5.41, 5.74) is 5.78. The number of rotatable bonds is 5. The van der Waals surface area contributed by atoms with Gasteiger partial charge in [0, 0.05) is 18.7 Å². The van der Waals surface area contributed by atoms with Crippen LogP contribution in [0.2, 0.25) is 0 Å². The van der Waals surface area contributed by atoms with E-state index in [0.29, 0.717) is 11.5 Å². The average Bonchev–Trinajstić information content (AvgIpc) is 2.73. The molecule has 0 radical (unpaired) electrons. The second-order valence-electron chi connectivity index (χ2n) is 7.79. The van der Waals surface area contributed by atoms with Gasteiger partial charge < -0.3 is 4.90 Å². The van der Waals surface area contributed by atoms with Gasteiger partial charge in [0.15, 0.2) is 0 Å². The van der Waals surface area contributed by atoms with Gasteiger partial charge in [-0.3, -0.25) is 9.78 Å². The highest BCUT2D eigenvalue weighted by Crippen LogP contribution is 2.23. The Kier molecular flexibility index (Phi) is 6.42. The average molecular weight is 388 g/mol. The van der Waals surface area contributed by atoms with Crippen molar-refractivity contribution in [3.8, 4) is 0 Å². The van der Waals surface area contributed by atoms with Gasteiger partial charge in [0.25, 0.3) is 5.91 Å². The molecule has 2 heterocycles. The molecule has 1 fully saturated rings. The van der Waals surface area contributed by atoms with Gasteiger partial charge in [-0.15, -0.1) is 0 Å². The summed E-state index contributed by atoms with van der Waals surface area (Å²) in [4.78, 5) is 24.2. The first-order valence-corrected chi connectivity index (χ1v) is 10.2. The predicted molar refractivity (Wildman–Crippen MR) is 121 cm³/mol. The van der Waals surface area contributed by atoms with Gasteiger partial charge in [0.2, 0.25) is 0 Å². The summed E-state index contributed by atoms with van der Waals surface area (Å²) in [6.07, 6.45) is 9.81. The predicted octanol–water partition coefficient (Wildman–Crippen LogP) is 5.59. The van der Waals surface area contributed by atoms with Gasteiger partial charge in [0.1, 0.15) is 0 Å². The fourth-order valence-corrected chi connectivity index (χ4v) is 3.67. The van der Waals surface area contributed by atoms with E-state index in [9.17, 15) is 4.79 Å². The van der Waals surface area contributed by atoms with Gasteiger partial charge >= 0.3 is 0 Å². The van der Waals surface area contributed by atoms with Crippen molar-refractivity contribution in [2.75, 3.05) is 13.1 Å². The molecule has 0 aliphatic carbocycles. The number of nitrogens with zero attached hydrogens (tertiary/aromatic N) is 3. The maximum absolute atomic E-state index is 13.0. The lowest BCUT2D eigenvalue weighted by Gasteiger charge is -2.31. The van der Waals surface area contributed by atoms with Crippen LogP contribution < -0.4 is 0 Å². The van der Waals surface area contributed by atoms with Crippen LogP contribution in [0.1, 0.15) is 49.7 Å². The molecule has 0 spiro atoms. The van der Waals surface area contributed by atoms with Crippen LogP contribution in [0.5, 0.6) is 0 Å². The number of piperidine rings is 1. The Balaban J connectivity index is 1.95. The van der Waals surface area contributed by atoms with Gasteiger partial charge in [0.05, 0.1) is 22.9 Å². The molecular weight excluding hydrogens is 358 g/mol. The first kappa shape index (κ1) is 20.7. The number of carbonyl (C=O) groups is 1. The monoisotopic (exact) mass is 387 g/mol. The molecule has 2 aromatic rings. The minimum Gasteiger partial charge on any atom is -0.338 e. The summed E-state index contributed by atoms with van der Waals surface area (Å²) in [5, 5.41) is 0. The van der Waals surface area contributed by atoms with Crippen molar-refractivity contribution in [1.82, 2.24) is 14.9 Å². The fourth-order valence-electron chi connectivity index (χ4n) is 3.67. The topological polar surface area (TPSA) is 46.1 Å². The van der Waals surface area contributed by atoms with E-state index in [2.05, 4.69) is 25.1 Å². The molecule has 1 aliphatic rings. The Labute approximate surface area is 173 Å². The maximum Gasteiger partial charge on any atom is 0.253 e. The number of hydrogen-bond donors (Lipinski definition) is 0. The number of fused-ring (bicyclic) bond motifs is 1. The zero-order chi connectivity index (χ0) is 21.0. The first-order chi connectivity index (χ1) is 13.9. The summed E-state index contributed by atoms with van der Waals surface area (Å²) >= 11 is 0. The van der Waals surface area contributed by atoms with Crippen LogP contribution in [0.15, 0.2) is 66.9 Å². The second kappa shape index (κ2) is 8.99. The summed E-state index contributed by atoms with van der Waals surface area (Å²) < 4.78 is 0. The molecule has 1 amide bonds. The molecule has 1 aromatic heterocycles. The number of amides is 1. The maximum atomic E-state index is 13.0. The van der Waals surface area contributed by atoms with Crippen molar-refractivity contribution >= 4 is 22.5 Å². The standard InChI is InChI=1S/C25H29N3O/c1-6-19(17(3)4)13-20(7-2)24-15-26-22-11-10-21(14-23(22)27-24)25(29)28-12-8-9-18(5)16-28/h6-7,10-11,13-15,18H,1,3,8-9,12,16H2,2,4-5H3/b19-13-,20-7+. The Bertz CT molecular complexity index is 1020. The number of allylic oxidation sites excluding steroid dienone is 6. The van der Waals surface area contributed by atoms with Gasteiger partial charge in [-0.25, -0.2) is 4.98 Å². The number of likely N-dealkylation sites (tertiary alicyclic amines) is 1. The molecule has 0 N–H and O–H groups in total. The van der Waals surface area contributed by atoms with Crippen LogP contribution >= 0.6 is 0 Å². The third-order valence-electron chi connectivity index (χ3n) is 5.36. The lowest BCUT2D eigenvalue weighted by atomic mass is 9.99. The highest BCUT2D eigenvalue weighted by molar-refractivity contribution is 5.97. The highest BCUT2D eigenvalue weighted by atomic mass is 16.2. The van der Waals surface area contributed by atoms with Crippen molar-refractivity contribution in [2.45, 2.75) is 33.6 Å². The quantitative estimate of drug-likeness (QED) is 0.628. The molecule has 1 saturated heterocycles. The SMILES string of the molecule is C=C/C(=C/C(=C\C)c1cnc2ccc(C(=O)N3CCCC(C)C3)cc2n1)C(=C)C. The van der Waals surface area contributed by atoms with Gasteiger partial charge in [-0.1, -0.05) is 37.8 Å². The number of aromatic nitrogens is 2. The van der Waals surface area contributed by atoms with E-state index in [1.54, 1.807) is 12.3 Å². The van der Waals surface area contributed by atoms with E-state index < -0.39 is 0 Å². The van der Waals surface area contributed by atoms with E-state index in [-0.39, 0.29) is 5.91 Å². The molecule has 29 heavy (non-hydrogen) atoms. The van der Waals surface area contributed by atoms with E-state index in [1.807, 2.05) is 49.1 Å². The number of hydrogen-bond acceptors (Lipinski definition) is 3. The van der Waals surface area contributed by atoms with Gasteiger partial charge in [-0.2, -0.15) is 0 Å². The summed E-state index contributed by atoms with van der Waals surface area (Å²) in [5.74, 6) is 0.629. The molecule has 3 rings (SSSR count). The third-order valence-corrected chi connectivity index (χ3v) is 5.36. The lowest BCUT2D eigenvalue weighted by molar-refractivity contribution is 0.0683. The van der Waals surface area contributed by atoms with E-state index in [4.69, 9.17) is 4.98 Å². The normalized spacial score (nSPS) is 18.0. The van der Waals surface area contributed by atoms with Crippen molar-refractivity contribution in [3.05, 3.63) is 78.2 Å². The second-order valence-corrected chi connectivity index (χ2v) is 7.79. The van der Waals surface area contributed by atoms with Gasteiger partial charge in [-0.05, 0) is 68.0 Å². The van der Waals surface area contributed by atoms with Crippen molar-refractivity contribution in [3.63, 3.8) is 0 Å². The largest absolute Gasteiger partial charge is 0.338 e. The summed E-state index contributed by atoms with van der Waals surface area (Å²) in [7, 11) is 0. The van der Waals surface area contributed by atoms with Crippen molar-refractivity contribution < 1.29 is 4.79 Å². The highest BCUT2D eigenvalue weighted by Gasteiger charge is 2.22. The molecule has 4 heteroatoms. The van der Waals surface area contributed by atoms with Crippen LogP contribution in [0, 0.1) is 5.92 Å². The molecule has 0 saturated carbocycles. The number of benzene rings is 1. The summed E-state index contributed by atoms with van der Waals surface area (Å²) in [6, 6.07) is 5.59. The Morgan fingerprint density at radius 3 is 2.76 bits per heavy atom. The van der Waals surface area contributed by atoms with Crippen LogP contribution in [0.25, 0.3) is 16.6 Å². The molecule has 1 aromatic carbocycles. The molecule has 1 atom stereocenters. The van der Waals surface area contributed by atoms with E-state index in [0.717, 1.165) is 53.0 Å². The summed E-state index contributed by atoms with van der Waals surface area (Å²) in [6.45, 7) is 15.6. The molecule has 0 bridgehead atoms. The Hall–Kier alpha value is -3.01. The van der Waals surface area contributed by atoms with Crippen LogP contribution in [0.4, 0.5) is 0 Å². The van der Waals surface area contributed by atoms with Crippen LogP contribution in [-0.4, -0.2) is 33.9 Å². The fraction of sp³-hybridized carbons (Fsp3) is 0.320. The zero-order valence-corrected chi connectivity index (χ0v) is 17.6. The molecule has 150 valence electrons. The molecule has 1 aliphatic heterocycles. The molecule has 1 unspecified atom stereocenters. The van der Waals surface area contributed by atoms with Crippen LogP contribution in [-0.2, 0) is 0 Å². The number of carbonyl (C=O) groups excluding carboxylic acids is 1. The van der Waals surface area contributed by atoms with E-state index >= 15 is 0 Å². The molecule has 4 nitrogen and oxygen atoms in total. The Morgan fingerprint density at radius 1 is 1.31 bits per heavy atom. The van der Waals surface area contributed by atoms with Crippen molar-refractivity contribution in [2.24, 2.45) is 5.92 Å². The molecular formula is C25H29N3O. The van der Waals surface area contributed by atoms with Crippen LogP contribution in [0.3, 0.4) is 0 Å². The zero-order valence-electron chi connectivity index (χ0n) is 17.6. The Morgan fingerprint density at radius 2 is 2.10 bits per heavy atom. The smallest absolute Gasteiger partial charge is 0.253 e. The minimum absolute atomic E-state index is 0.0769. The first-order valence-electron chi connectivity index (χ1n) is 10.2. The third kappa shape index (κ3) is 4.70. The minimum atomic E-state index is 0.0769. The van der Waals surface area contributed by atoms with Crippen molar-refractivity contribution in [1.29, 1.82) is 0 Å². The lowest BCUT2D eigenvalue weighted by Crippen LogP contribution is -2.39.